The number of anilines is 1. The molecule has 0 spiro atoms. The zero-order valence-electron chi connectivity index (χ0n) is 15.1. The Bertz CT molecular complexity index is 865. The second-order valence-electron chi connectivity index (χ2n) is 6.97. The lowest BCUT2D eigenvalue weighted by Gasteiger charge is -2.31. The van der Waals surface area contributed by atoms with Crippen LogP contribution in [0.5, 0.6) is 5.75 Å². The van der Waals surface area contributed by atoms with E-state index in [1.807, 2.05) is 12.1 Å². The lowest BCUT2D eigenvalue weighted by Crippen LogP contribution is -2.39. The van der Waals surface area contributed by atoms with Crippen molar-refractivity contribution < 1.29 is 9.53 Å². The lowest BCUT2D eigenvalue weighted by atomic mass is 9.99. The number of benzene rings is 1. The number of rotatable bonds is 3. The van der Waals surface area contributed by atoms with E-state index in [2.05, 4.69) is 58.0 Å². The molecule has 26 heavy (non-hydrogen) atoms. The molecule has 0 unspecified atom stereocenters. The fourth-order valence-electron chi connectivity index (χ4n) is 3.61. The minimum Gasteiger partial charge on any atom is -0.496 e. The van der Waals surface area contributed by atoms with E-state index >= 15 is 0 Å². The molecule has 0 aliphatic carbocycles. The minimum absolute atomic E-state index is 0.0325. The molecule has 138 valence electrons. The Kier molecular flexibility index (Phi) is 4.87. The highest BCUT2D eigenvalue weighted by molar-refractivity contribution is 14.1. The molecule has 0 radical (unpaired) electrons. The molecule has 7 heteroatoms. The molecule has 0 fully saturated rings. The number of ether oxygens (including phenoxy) is 1. The summed E-state index contributed by atoms with van der Waals surface area (Å²) in [7, 11) is 1.67. The molecule has 2 aromatic rings. The van der Waals surface area contributed by atoms with Crippen LogP contribution in [-0.2, 0) is 13.0 Å². The van der Waals surface area contributed by atoms with Crippen LogP contribution in [0.25, 0.3) is 0 Å². The van der Waals surface area contributed by atoms with Gasteiger partial charge in [-0.2, -0.15) is 0 Å². The van der Waals surface area contributed by atoms with Crippen molar-refractivity contribution in [3.05, 3.63) is 43.3 Å². The van der Waals surface area contributed by atoms with E-state index in [-0.39, 0.29) is 12.1 Å². The van der Waals surface area contributed by atoms with Gasteiger partial charge in [0.1, 0.15) is 16.9 Å². The third-order valence-corrected chi connectivity index (χ3v) is 7.09. The van der Waals surface area contributed by atoms with Gasteiger partial charge in [-0.3, -0.25) is 9.69 Å². The average molecular weight is 483 g/mol. The molecule has 3 heterocycles. The first-order valence-corrected chi connectivity index (χ1v) is 10.7. The standard InChI is InChI=1S/C19H22IN3O2S/c1-10(2)23-7-6-12-15(9-23)26-19-16(12)18(24)21-17(22-19)11-4-5-14(25-3)13(20)8-11/h4-5,8,10,17,22H,6-7,9H2,1-3H3,(H,21,24)/t17-/m0/s1. The lowest BCUT2D eigenvalue weighted by molar-refractivity contribution is 0.0934. The van der Waals surface area contributed by atoms with Crippen molar-refractivity contribution in [2.45, 2.75) is 39.0 Å². The summed E-state index contributed by atoms with van der Waals surface area (Å²) in [5, 5.41) is 7.66. The number of nitrogens with zero attached hydrogens (tertiary/aromatic N) is 1. The summed E-state index contributed by atoms with van der Waals surface area (Å²) in [5.41, 5.74) is 3.12. The Labute approximate surface area is 171 Å². The number of fused-ring (bicyclic) bond motifs is 3. The second-order valence-corrected chi connectivity index (χ2v) is 9.23. The Morgan fingerprint density at radius 3 is 2.85 bits per heavy atom. The highest BCUT2D eigenvalue weighted by Crippen LogP contribution is 2.41. The summed E-state index contributed by atoms with van der Waals surface area (Å²) in [6.45, 7) is 6.40. The topological polar surface area (TPSA) is 53.6 Å². The van der Waals surface area contributed by atoms with Crippen molar-refractivity contribution in [1.29, 1.82) is 0 Å². The summed E-state index contributed by atoms with van der Waals surface area (Å²) in [6.07, 6.45) is 0.732. The molecule has 2 aliphatic heterocycles. The Morgan fingerprint density at radius 2 is 2.15 bits per heavy atom. The van der Waals surface area contributed by atoms with Gasteiger partial charge < -0.3 is 15.4 Å². The number of nitrogens with one attached hydrogen (secondary N) is 2. The normalized spacial score (nSPS) is 19.6. The maximum atomic E-state index is 12.8. The van der Waals surface area contributed by atoms with Gasteiger partial charge in [0.15, 0.2) is 0 Å². The van der Waals surface area contributed by atoms with Crippen LogP contribution in [0.15, 0.2) is 18.2 Å². The predicted octanol–water partition coefficient (Wildman–Crippen LogP) is 3.98. The first-order chi connectivity index (χ1) is 12.5. The van der Waals surface area contributed by atoms with Gasteiger partial charge in [-0.05, 0) is 66.1 Å². The number of methoxy groups -OCH3 is 1. The van der Waals surface area contributed by atoms with Crippen molar-refractivity contribution in [3.63, 3.8) is 0 Å². The molecule has 0 saturated carbocycles. The Balaban J connectivity index is 1.63. The number of hydrogen-bond acceptors (Lipinski definition) is 5. The van der Waals surface area contributed by atoms with Gasteiger partial charge in [0.25, 0.3) is 5.91 Å². The molecular weight excluding hydrogens is 461 g/mol. The number of halogens is 1. The van der Waals surface area contributed by atoms with E-state index in [9.17, 15) is 4.79 Å². The SMILES string of the molecule is COc1ccc([C@H]2NC(=O)c3c(sc4c3CCN(C(C)C)C4)N2)cc1I. The number of amides is 1. The fourth-order valence-corrected chi connectivity index (χ4v) is 5.66. The molecule has 2 aliphatic rings. The molecule has 1 aromatic heterocycles. The van der Waals surface area contributed by atoms with Gasteiger partial charge in [-0.15, -0.1) is 11.3 Å². The van der Waals surface area contributed by atoms with E-state index < -0.39 is 0 Å². The fraction of sp³-hybridized carbons (Fsp3) is 0.421. The molecule has 0 bridgehead atoms. The molecule has 2 N–H and O–H groups in total. The second kappa shape index (κ2) is 7.01. The molecule has 1 aromatic carbocycles. The van der Waals surface area contributed by atoms with Gasteiger partial charge in [0.05, 0.1) is 16.2 Å². The number of hydrogen-bond donors (Lipinski definition) is 2. The van der Waals surface area contributed by atoms with Crippen LogP contribution < -0.4 is 15.4 Å². The molecule has 5 nitrogen and oxygen atoms in total. The summed E-state index contributed by atoms with van der Waals surface area (Å²) in [4.78, 5) is 16.6. The van der Waals surface area contributed by atoms with E-state index in [0.717, 1.165) is 45.0 Å². The van der Waals surface area contributed by atoms with Gasteiger partial charge >= 0.3 is 0 Å². The van der Waals surface area contributed by atoms with Crippen LogP contribution in [-0.4, -0.2) is 30.5 Å². The van der Waals surface area contributed by atoms with Gasteiger partial charge in [0, 0.05) is 24.0 Å². The molecule has 1 atom stereocenters. The minimum atomic E-state index is -0.212. The number of thiophene rings is 1. The summed E-state index contributed by atoms with van der Waals surface area (Å²) < 4.78 is 6.36. The third kappa shape index (κ3) is 3.10. The van der Waals surface area contributed by atoms with Crippen LogP contribution in [0.2, 0.25) is 0 Å². The van der Waals surface area contributed by atoms with Crippen LogP contribution in [0, 0.1) is 3.57 Å². The molecule has 4 rings (SSSR count). The summed E-state index contributed by atoms with van der Waals surface area (Å²) in [6, 6.07) is 6.52. The average Bonchev–Trinajstić information content (AvgIpc) is 2.99. The zero-order valence-corrected chi connectivity index (χ0v) is 18.0. The smallest absolute Gasteiger partial charge is 0.256 e. The summed E-state index contributed by atoms with van der Waals surface area (Å²) in [5.74, 6) is 0.877. The maximum absolute atomic E-state index is 12.8. The molecule has 0 saturated heterocycles. The van der Waals surface area contributed by atoms with E-state index in [1.165, 1.54) is 10.4 Å². The van der Waals surface area contributed by atoms with Crippen LogP contribution >= 0.6 is 33.9 Å². The third-order valence-electron chi connectivity index (χ3n) is 5.10. The van der Waals surface area contributed by atoms with Crippen molar-refractivity contribution in [2.75, 3.05) is 19.0 Å². The van der Waals surface area contributed by atoms with Gasteiger partial charge in [0.2, 0.25) is 0 Å². The Hall–Kier alpha value is -1.32. The maximum Gasteiger partial charge on any atom is 0.256 e. The quantitative estimate of drug-likeness (QED) is 0.649. The Morgan fingerprint density at radius 1 is 1.35 bits per heavy atom. The van der Waals surface area contributed by atoms with Crippen molar-refractivity contribution in [3.8, 4) is 5.75 Å². The van der Waals surface area contributed by atoms with E-state index in [1.54, 1.807) is 18.4 Å². The number of carbonyl (C=O) groups excluding carboxylic acids is 1. The van der Waals surface area contributed by atoms with Crippen LogP contribution in [0.4, 0.5) is 5.00 Å². The first-order valence-electron chi connectivity index (χ1n) is 8.77. The highest BCUT2D eigenvalue weighted by atomic mass is 127. The highest BCUT2D eigenvalue weighted by Gasteiger charge is 2.33. The van der Waals surface area contributed by atoms with E-state index in [0.29, 0.717) is 6.04 Å². The number of carbonyl (C=O) groups is 1. The van der Waals surface area contributed by atoms with Crippen molar-refractivity contribution in [2.24, 2.45) is 0 Å². The molecular formula is C19H22IN3O2S. The zero-order chi connectivity index (χ0) is 18.4. The summed E-state index contributed by atoms with van der Waals surface area (Å²) >= 11 is 3.99. The first kappa shape index (κ1) is 18.1. The monoisotopic (exact) mass is 483 g/mol. The van der Waals surface area contributed by atoms with Crippen molar-refractivity contribution in [1.82, 2.24) is 10.2 Å². The van der Waals surface area contributed by atoms with E-state index in [4.69, 9.17) is 4.74 Å². The van der Waals surface area contributed by atoms with Gasteiger partial charge in [-0.1, -0.05) is 6.07 Å². The van der Waals surface area contributed by atoms with Gasteiger partial charge in [-0.25, -0.2) is 0 Å². The van der Waals surface area contributed by atoms with Crippen LogP contribution in [0.3, 0.4) is 0 Å². The predicted molar refractivity (Wildman–Crippen MR) is 113 cm³/mol. The molecule has 1 amide bonds. The van der Waals surface area contributed by atoms with Crippen LogP contribution in [0.1, 0.15) is 46.4 Å². The largest absolute Gasteiger partial charge is 0.496 e. The van der Waals surface area contributed by atoms with Crippen molar-refractivity contribution >= 4 is 44.8 Å².